The highest BCUT2D eigenvalue weighted by Gasteiger charge is 2.16. The molecule has 0 N–H and O–H groups in total. The summed E-state index contributed by atoms with van der Waals surface area (Å²) in [4.78, 5) is 12.4. The Hall–Kier alpha value is -1.80. The van der Waals surface area contributed by atoms with Crippen LogP contribution in [0.25, 0.3) is 21.8 Å². The molecule has 3 aromatic rings. The summed E-state index contributed by atoms with van der Waals surface area (Å²) in [6, 6.07) is 15.9. The van der Waals surface area contributed by atoms with Crippen molar-refractivity contribution in [1.82, 2.24) is 4.57 Å². The van der Waals surface area contributed by atoms with Crippen LogP contribution in [0.1, 0.15) is 18.1 Å². The van der Waals surface area contributed by atoms with Gasteiger partial charge in [0, 0.05) is 22.6 Å². The number of halogens is 1. The maximum Gasteiger partial charge on any atom is 0.233 e. The highest BCUT2D eigenvalue weighted by atomic mass is 35.5. The Morgan fingerprint density at radius 1 is 1.05 bits per heavy atom. The standard InChI is InChI=1S/C16H14ClNO/c1-11(17)10-16(19)18-14-8-4-2-6-12(14)13-7-3-5-9-15(13)18/h2-9,11H,10H2,1H3. The van der Waals surface area contributed by atoms with Crippen LogP contribution in [0.4, 0.5) is 0 Å². The number of nitrogens with zero attached hydrogens (tertiary/aromatic N) is 1. The molecule has 0 bridgehead atoms. The SMILES string of the molecule is CC(Cl)CC(=O)n1c2ccccc2c2ccccc21. The van der Waals surface area contributed by atoms with Crippen LogP contribution < -0.4 is 0 Å². The zero-order valence-electron chi connectivity index (χ0n) is 10.6. The Morgan fingerprint density at radius 3 is 2.00 bits per heavy atom. The van der Waals surface area contributed by atoms with Crippen LogP contribution in [0.2, 0.25) is 0 Å². The maximum absolute atomic E-state index is 12.4. The number of carbonyl (C=O) groups is 1. The summed E-state index contributed by atoms with van der Waals surface area (Å²) in [5, 5.41) is 2.05. The maximum atomic E-state index is 12.4. The summed E-state index contributed by atoms with van der Waals surface area (Å²) in [7, 11) is 0. The molecule has 1 unspecified atom stereocenters. The molecule has 2 nitrogen and oxygen atoms in total. The van der Waals surface area contributed by atoms with E-state index in [0.29, 0.717) is 6.42 Å². The topological polar surface area (TPSA) is 22.0 Å². The second-order valence-corrected chi connectivity index (χ2v) is 5.49. The number of hydrogen-bond donors (Lipinski definition) is 0. The van der Waals surface area contributed by atoms with Gasteiger partial charge < -0.3 is 0 Å². The van der Waals surface area contributed by atoms with Crippen molar-refractivity contribution in [1.29, 1.82) is 0 Å². The molecule has 0 radical (unpaired) electrons. The molecule has 1 heterocycles. The lowest BCUT2D eigenvalue weighted by atomic mass is 10.2. The van der Waals surface area contributed by atoms with Gasteiger partial charge in [0.2, 0.25) is 5.91 Å². The van der Waals surface area contributed by atoms with Gasteiger partial charge in [0.1, 0.15) is 0 Å². The van der Waals surface area contributed by atoms with Crippen molar-refractivity contribution in [2.75, 3.05) is 0 Å². The van der Waals surface area contributed by atoms with Crippen LogP contribution in [0, 0.1) is 0 Å². The van der Waals surface area contributed by atoms with E-state index < -0.39 is 0 Å². The van der Waals surface area contributed by atoms with Gasteiger partial charge in [-0.1, -0.05) is 36.4 Å². The van der Waals surface area contributed by atoms with E-state index in [1.165, 1.54) is 0 Å². The molecule has 0 spiro atoms. The second kappa shape index (κ2) is 4.71. The van der Waals surface area contributed by atoms with Crippen LogP contribution in [-0.2, 0) is 0 Å². The lowest BCUT2D eigenvalue weighted by molar-refractivity contribution is 0.0913. The predicted molar refractivity (Wildman–Crippen MR) is 80.0 cm³/mol. The first kappa shape index (κ1) is 12.2. The van der Waals surface area contributed by atoms with Gasteiger partial charge in [-0.15, -0.1) is 11.6 Å². The summed E-state index contributed by atoms with van der Waals surface area (Å²) in [5.74, 6) is 0.0416. The third kappa shape index (κ3) is 2.02. The van der Waals surface area contributed by atoms with E-state index in [4.69, 9.17) is 11.6 Å². The molecule has 3 heteroatoms. The fourth-order valence-electron chi connectivity index (χ4n) is 2.52. The third-order valence-corrected chi connectivity index (χ3v) is 3.44. The first-order valence-electron chi connectivity index (χ1n) is 6.34. The van der Waals surface area contributed by atoms with Crippen molar-refractivity contribution in [2.24, 2.45) is 0 Å². The molecule has 0 saturated heterocycles. The molecule has 3 rings (SSSR count). The number of fused-ring (bicyclic) bond motifs is 3. The van der Waals surface area contributed by atoms with Gasteiger partial charge in [0.05, 0.1) is 11.0 Å². The molecule has 1 atom stereocenters. The largest absolute Gasteiger partial charge is 0.280 e. The molecule has 1 aromatic heterocycles. The van der Waals surface area contributed by atoms with Crippen molar-refractivity contribution in [3.63, 3.8) is 0 Å². The Labute approximate surface area is 116 Å². The van der Waals surface area contributed by atoms with Crippen LogP contribution in [-0.4, -0.2) is 15.9 Å². The zero-order chi connectivity index (χ0) is 13.4. The van der Waals surface area contributed by atoms with E-state index in [0.717, 1.165) is 21.8 Å². The minimum Gasteiger partial charge on any atom is -0.280 e. The molecule has 0 aliphatic rings. The Morgan fingerprint density at radius 2 is 1.53 bits per heavy atom. The molecule has 0 fully saturated rings. The van der Waals surface area contributed by atoms with E-state index in [1.807, 2.05) is 55.5 Å². The van der Waals surface area contributed by atoms with E-state index in [-0.39, 0.29) is 11.3 Å². The molecule has 0 saturated carbocycles. The van der Waals surface area contributed by atoms with Gasteiger partial charge in [-0.25, -0.2) is 0 Å². The molecular formula is C16H14ClNO. The van der Waals surface area contributed by atoms with Gasteiger partial charge in [-0.05, 0) is 19.1 Å². The van der Waals surface area contributed by atoms with E-state index in [2.05, 4.69) is 0 Å². The molecular weight excluding hydrogens is 258 g/mol. The highest BCUT2D eigenvalue weighted by Crippen LogP contribution is 2.29. The smallest absolute Gasteiger partial charge is 0.233 e. The molecule has 19 heavy (non-hydrogen) atoms. The fraction of sp³-hybridized carbons (Fsp3) is 0.188. The minimum absolute atomic E-state index is 0.0416. The number of rotatable bonds is 2. The van der Waals surface area contributed by atoms with E-state index in [9.17, 15) is 4.79 Å². The number of carbonyl (C=O) groups excluding carboxylic acids is 1. The summed E-state index contributed by atoms with van der Waals surface area (Å²) in [6.45, 7) is 1.84. The first-order valence-corrected chi connectivity index (χ1v) is 6.77. The third-order valence-electron chi connectivity index (χ3n) is 3.29. The average molecular weight is 272 g/mol. The quantitative estimate of drug-likeness (QED) is 0.631. The fourth-order valence-corrected chi connectivity index (χ4v) is 2.66. The monoisotopic (exact) mass is 271 g/mol. The summed E-state index contributed by atoms with van der Waals surface area (Å²) >= 11 is 5.96. The first-order chi connectivity index (χ1) is 9.18. The van der Waals surface area contributed by atoms with Gasteiger partial charge >= 0.3 is 0 Å². The predicted octanol–water partition coefficient (Wildman–Crippen LogP) is 4.45. The van der Waals surface area contributed by atoms with Crippen molar-refractivity contribution in [2.45, 2.75) is 18.7 Å². The van der Waals surface area contributed by atoms with Gasteiger partial charge in [-0.3, -0.25) is 9.36 Å². The van der Waals surface area contributed by atoms with E-state index >= 15 is 0 Å². The van der Waals surface area contributed by atoms with Crippen LogP contribution in [0.3, 0.4) is 0 Å². The number of benzene rings is 2. The van der Waals surface area contributed by atoms with Crippen molar-refractivity contribution < 1.29 is 4.79 Å². The van der Waals surface area contributed by atoms with Crippen molar-refractivity contribution >= 4 is 39.3 Å². The van der Waals surface area contributed by atoms with Crippen LogP contribution in [0.15, 0.2) is 48.5 Å². The van der Waals surface area contributed by atoms with E-state index in [1.54, 1.807) is 4.57 Å². The Kier molecular flexibility index (Phi) is 3.03. The normalized spacial score (nSPS) is 12.9. The summed E-state index contributed by atoms with van der Waals surface area (Å²) in [5.41, 5.74) is 1.90. The Balaban J connectivity index is 2.34. The van der Waals surface area contributed by atoms with Crippen LogP contribution >= 0.6 is 11.6 Å². The number of para-hydroxylation sites is 2. The Bertz CT molecular complexity index is 704. The number of hydrogen-bond acceptors (Lipinski definition) is 1. The summed E-state index contributed by atoms with van der Waals surface area (Å²) < 4.78 is 1.78. The highest BCUT2D eigenvalue weighted by molar-refractivity contribution is 6.22. The molecule has 0 aliphatic carbocycles. The van der Waals surface area contributed by atoms with Gasteiger partial charge in [0.15, 0.2) is 0 Å². The number of alkyl halides is 1. The van der Waals surface area contributed by atoms with Crippen molar-refractivity contribution in [3.8, 4) is 0 Å². The van der Waals surface area contributed by atoms with Crippen molar-refractivity contribution in [3.05, 3.63) is 48.5 Å². The lowest BCUT2D eigenvalue weighted by Crippen LogP contribution is -2.13. The van der Waals surface area contributed by atoms with Crippen LogP contribution in [0.5, 0.6) is 0 Å². The number of aromatic nitrogens is 1. The molecule has 0 amide bonds. The summed E-state index contributed by atoms with van der Waals surface area (Å²) in [6.07, 6.45) is 0.338. The lowest BCUT2D eigenvalue weighted by Gasteiger charge is -2.07. The molecule has 0 aliphatic heterocycles. The second-order valence-electron chi connectivity index (χ2n) is 4.75. The molecule has 96 valence electrons. The average Bonchev–Trinajstić information content (AvgIpc) is 2.72. The van der Waals surface area contributed by atoms with Gasteiger partial charge in [-0.2, -0.15) is 0 Å². The van der Waals surface area contributed by atoms with Gasteiger partial charge in [0.25, 0.3) is 0 Å². The zero-order valence-corrected chi connectivity index (χ0v) is 11.4. The molecule has 2 aromatic carbocycles. The minimum atomic E-state index is -0.160.